The average Bonchev–Trinajstić information content (AvgIpc) is 3.25. The first kappa shape index (κ1) is 24.0. The maximum absolute atomic E-state index is 13.9. The molecule has 0 aliphatic carbocycles. The molecule has 2 heterocycles. The first-order valence-corrected chi connectivity index (χ1v) is 12.5. The quantitative estimate of drug-likeness (QED) is 0.506. The van der Waals surface area contributed by atoms with Crippen LogP contribution in [0.3, 0.4) is 0 Å². The molecule has 0 spiro atoms. The Morgan fingerprint density at radius 3 is 2.31 bits per heavy atom. The van der Waals surface area contributed by atoms with E-state index in [1.54, 1.807) is 14.2 Å². The number of methoxy groups -OCH3 is 2. The number of nitrogens with zero attached hydrogens (tertiary/aromatic N) is 3. The molecule has 0 aromatic heterocycles. The second-order valence-electron chi connectivity index (χ2n) is 9.34. The van der Waals surface area contributed by atoms with Crippen LogP contribution in [0.2, 0.25) is 0 Å². The molecule has 2 aliphatic heterocycles. The van der Waals surface area contributed by atoms with Crippen LogP contribution >= 0.6 is 0 Å². The van der Waals surface area contributed by atoms with E-state index in [2.05, 4.69) is 22.8 Å². The number of carbonyl (C=O) groups is 1. The molecule has 0 radical (unpaired) electrons. The van der Waals surface area contributed by atoms with Crippen molar-refractivity contribution >= 4 is 17.3 Å². The normalized spacial score (nSPS) is 16.7. The molecule has 188 valence electrons. The summed E-state index contributed by atoms with van der Waals surface area (Å²) in [5.74, 6) is 1.31. The maximum atomic E-state index is 13.9. The minimum absolute atomic E-state index is 0.0289. The van der Waals surface area contributed by atoms with E-state index in [1.165, 1.54) is 0 Å². The topological polar surface area (TPSA) is 71.3 Å². The summed E-state index contributed by atoms with van der Waals surface area (Å²) in [6.45, 7) is 7.81. The Kier molecular flexibility index (Phi) is 6.74. The minimum Gasteiger partial charge on any atom is -0.493 e. The molecule has 36 heavy (non-hydrogen) atoms. The Labute approximate surface area is 213 Å². The van der Waals surface area contributed by atoms with Crippen molar-refractivity contribution in [3.8, 4) is 11.5 Å². The van der Waals surface area contributed by atoms with Crippen LogP contribution in [0.1, 0.15) is 40.0 Å². The van der Waals surface area contributed by atoms with Gasteiger partial charge >= 0.3 is 0 Å². The van der Waals surface area contributed by atoms with Crippen molar-refractivity contribution in [2.45, 2.75) is 19.5 Å². The van der Waals surface area contributed by atoms with Crippen molar-refractivity contribution in [1.82, 2.24) is 9.80 Å². The molecule has 7 nitrogen and oxygen atoms in total. The molecule has 1 unspecified atom stereocenters. The minimum atomic E-state index is -0.321. The third-order valence-electron chi connectivity index (χ3n) is 7.39. The monoisotopic (exact) mass is 486 g/mol. The summed E-state index contributed by atoms with van der Waals surface area (Å²) in [7, 11) is 3.24. The lowest BCUT2D eigenvalue weighted by molar-refractivity contribution is 0.0730. The third kappa shape index (κ3) is 4.35. The van der Waals surface area contributed by atoms with Crippen LogP contribution in [-0.4, -0.2) is 62.7 Å². The van der Waals surface area contributed by atoms with Gasteiger partial charge in [-0.2, -0.15) is 0 Å². The second-order valence-corrected chi connectivity index (χ2v) is 9.34. The lowest BCUT2D eigenvalue weighted by atomic mass is 9.96. The van der Waals surface area contributed by atoms with E-state index in [4.69, 9.17) is 15.2 Å². The number of benzene rings is 3. The molecule has 1 amide bonds. The van der Waals surface area contributed by atoms with E-state index in [1.807, 2.05) is 59.5 Å². The Bertz CT molecular complexity index is 1250. The van der Waals surface area contributed by atoms with Crippen molar-refractivity contribution in [1.29, 1.82) is 0 Å². The Hall–Kier alpha value is -3.71. The predicted octanol–water partition coefficient (Wildman–Crippen LogP) is 4.17. The zero-order valence-corrected chi connectivity index (χ0v) is 21.2. The van der Waals surface area contributed by atoms with E-state index in [-0.39, 0.29) is 11.9 Å². The van der Waals surface area contributed by atoms with Gasteiger partial charge in [0.15, 0.2) is 11.5 Å². The number of ether oxygens (including phenoxy) is 2. The van der Waals surface area contributed by atoms with Gasteiger partial charge in [-0.05, 0) is 54.1 Å². The molecule has 1 saturated heterocycles. The fourth-order valence-electron chi connectivity index (χ4n) is 5.45. The maximum Gasteiger partial charge on any atom is 0.255 e. The van der Waals surface area contributed by atoms with Gasteiger partial charge in [0.05, 0.1) is 20.3 Å². The highest BCUT2D eigenvalue weighted by molar-refractivity contribution is 6.00. The van der Waals surface area contributed by atoms with Gasteiger partial charge in [-0.3, -0.25) is 4.79 Å². The number of anilines is 2. The molecular weight excluding hydrogens is 452 g/mol. The highest BCUT2D eigenvalue weighted by Gasteiger charge is 2.37. The van der Waals surface area contributed by atoms with Crippen molar-refractivity contribution in [3.63, 3.8) is 0 Å². The van der Waals surface area contributed by atoms with Crippen LogP contribution in [0, 0.1) is 0 Å². The highest BCUT2D eigenvalue weighted by atomic mass is 16.5. The number of piperazine rings is 1. The number of hydrogen-bond donors (Lipinski definition) is 1. The van der Waals surface area contributed by atoms with Crippen molar-refractivity contribution in [3.05, 3.63) is 82.9 Å². The largest absolute Gasteiger partial charge is 0.493 e. The van der Waals surface area contributed by atoms with Gasteiger partial charge in [-0.15, -0.1) is 0 Å². The van der Waals surface area contributed by atoms with Crippen LogP contribution in [0.15, 0.2) is 60.7 Å². The zero-order chi connectivity index (χ0) is 25.2. The number of carbonyl (C=O) groups excluding carboxylic acids is 1. The lowest BCUT2D eigenvalue weighted by Gasteiger charge is -2.36. The van der Waals surface area contributed by atoms with Crippen LogP contribution in [0.4, 0.5) is 11.4 Å². The number of nitrogens with two attached hydrogens (primary N) is 1. The SMILES string of the molecule is CCN1CCN(c2cccc3c2CN(C(c2cccc(N)c2)c2ccc(OC)c(OC)c2)C3=O)CC1. The van der Waals surface area contributed by atoms with Gasteiger partial charge in [0, 0.05) is 55.2 Å². The molecule has 0 bridgehead atoms. The van der Waals surface area contributed by atoms with Crippen LogP contribution < -0.4 is 20.1 Å². The van der Waals surface area contributed by atoms with E-state index in [9.17, 15) is 4.79 Å². The molecule has 1 atom stereocenters. The number of rotatable bonds is 7. The van der Waals surface area contributed by atoms with Gasteiger partial charge in [0.1, 0.15) is 0 Å². The van der Waals surface area contributed by atoms with E-state index in [0.29, 0.717) is 23.7 Å². The summed E-state index contributed by atoms with van der Waals surface area (Å²) in [5, 5.41) is 0. The Balaban J connectivity index is 1.54. The summed E-state index contributed by atoms with van der Waals surface area (Å²) in [5.41, 5.74) is 11.8. The number of likely N-dealkylation sites (N-methyl/N-ethyl adjacent to an activating group) is 1. The molecule has 0 saturated carbocycles. The van der Waals surface area contributed by atoms with Gasteiger partial charge in [-0.1, -0.05) is 31.2 Å². The van der Waals surface area contributed by atoms with Gasteiger partial charge in [0.2, 0.25) is 0 Å². The number of hydrogen-bond acceptors (Lipinski definition) is 6. The third-order valence-corrected chi connectivity index (χ3v) is 7.39. The van der Waals surface area contributed by atoms with Crippen LogP contribution in [0.25, 0.3) is 0 Å². The fourth-order valence-corrected chi connectivity index (χ4v) is 5.45. The summed E-state index contributed by atoms with van der Waals surface area (Å²) < 4.78 is 11.0. The van der Waals surface area contributed by atoms with Crippen molar-refractivity contribution in [2.75, 3.05) is 57.6 Å². The summed E-state index contributed by atoms with van der Waals surface area (Å²) >= 11 is 0. The first-order chi connectivity index (χ1) is 17.5. The summed E-state index contributed by atoms with van der Waals surface area (Å²) in [4.78, 5) is 20.7. The summed E-state index contributed by atoms with van der Waals surface area (Å²) in [6, 6.07) is 19.4. The molecular formula is C29H34N4O3. The average molecular weight is 487 g/mol. The smallest absolute Gasteiger partial charge is 0.255 e. The molecule has 2 N–H and O–H groups in total. The lowest BCUT2D eigenvalue weighted by Crippen LogP contribution is -2.46. The number of fused-ring (bicyclic) bond motifs is 1. The van der Waals surface area contributed by atoms with Gasteiger partial charge < -0.3 is 29.9 Å². The Morgan fingerprint density at radius 2 is 1.61 bits per heavy atom. The first-order valence-electron chi connectivity index (χ1n) is 12.5. The van der Waals surface area contributed by atoms with E-state index in [0.717, 1.165) is 60.7 Å². The highest BCUT2D eigenvalue weighted by Crippen LogP contribution is 2.41. The fraction of sp³-hybridized carbons (Fsp3) is 0.345. The molecule has 5 rings (SSSR count). The predicted molar refractivity (Wildman–Crippen MR) is 143 cm³/mol. The number of amides is 1. The zero-order valence-electron chi connectivity index (χ0n) is 21.2. The van der Waals surface area contributed by atoms with Crippen molar-refractivity contribution in [2.24, 2.45) is 0 Å². The van der Waals surface area contributed by atoms with Crippen molar-refractivity contribution < 1.29 is 14.3 Å². The van der Waals surface area contributed by atoms with Gasteiger partial charge in [-0.25, -0.2) is 0 Å². The number of nitrogen functional groups attached to an aromatic ring is 1. The second kappa shape index (κ2) is 10.1. The van der Waals surface area contributed by atoms with E-state index < -0.39 is 0 Å². The molecule has 2 aliphatic rings. The summed E-state index contributed by atoms with van der Waals surface area (Å²) in [6.07, 6.45) is 0. The molecule has 3 aromatic carbocycles. The van der Waals surface area contributed by atoms with Crippen LogP contribution in [-0.2, 0) is 6.54 Å². The standard InChI is InChI=1S/C29H34N4O3/c1-4-31-13-15-32(16-14-31)25-10-6-9-23-24(25)19-33(29(23)34)28(20-7-5-8-22(30)17-20)21-11-12-26(35-2)27(18-21)36-3/h5-12,17-18,28H,4,13-16,19,30H2,1-3H3. The molecule has 7 heteroatoms. The van der Waals surface area contributed by atoms with E-state index >= 15 is 0 Å². The molecule has 1 fully saturated rings. The van der Waals surface area contributed by atoms with Gasteiger partial charge in [0.25, 0.3) is 5.91 Å². The van der Waals surface area contributed by atoms with Crippen LogP contribution in [0.5, 0.6) is 11.5 Å². The molecule has 3 aromatic rings. The Morgan fingerprint density at radius 1 is 0.889 bits per heavy atom.